The molecular formula is C19H15BrFNO2. The number of rotatable bonds is 4. The number of carbonyl (C=O) groups is 1. The van der Waals surface area contributed by atoms with Gasteiger partial charge in [-0.25, -0.2) is 4.39 Å². The Balaban J connectivity index is 1.63. The number of amides is 1. The van der Waals surface area contributed by atoms with Crippen LogP contribution >= 0.6 is 15.9 Å². The molecule has 24 heavy (non-hydrogen) atoms. The minimum atomic E-state index is -0.273. The summed E-state index contributed by atoms with van der Waals surface area (Å²) in [6.45, 7) is 0.460. The zero-order chi connectivity index (χ0) is 16.7. The maximum absolute atomic E-state index is 13.1. The van der Waals surface area contributed by atoms with Gasteiger partial charge in [0.25, 0.3) is 5.91 Å². The van der Waals surface area contributed by atoms with E-state index >= 15 is 0 Å². The van der Waals surface area contributed by atoms with Gasteiger partial charge >= 0.3 is 0 Å². The Morgan fingerprint density at radius 3 is 2.62 bits per heavy atom. The summed E-state index contributed by atoms with van der Waals surface area (Å²) in [5.74, 6) is -0.0546. The summed E-state index contributed by atoms with van der Waals surface area (Å²) >= 11 is 3.44. The van der Waals surface area contributed by atoms with E-state index < -0.39 is 0 Å². The lowest BCUT2D eigenvalue weighted by Gasteiger charge is -2.21. The number of benzene rings is 2. The van der Waals surface area contributed by atoms with Crippen LogP contribution in [0.1, 0.15) is 29.0 Å². The van der Waals surface area contributed by atoms with Gasteiger partial charge in [-0.2, -0.15) is 0 Å². The monoisotopic (exact) mass is 387 g/mol. The first-order valence-corrected chi connectivity index (χ1v) is 8.64. The maximum atomic E-state index is 13.1. The molecule has 3 aromatic rings. The molecule has 1 fully saturated rings. The van der Waals surface area contributed by atoms with Crippen molar-refractivity contribution >= 4 is 32.8 Å². The first kappa shape index (κ1) is 15.4. The normalized spacial score (nSPS) is 14.1. The van der Waals surface area contributed by atoms with E-state index in [4.69, 9.17) is 4.42 Å². The molecular weight excluding hydrogens is 373 g/mol. The highest BCUT2D eigenvalue weighted by atomic mass is 79.9. The fourth-order valence-corrected chi connectivity index (χ4v) is 3.28. The Labute approximate surface area is 147 Å². The molecule has 1 aromatic heterocycles. The van der Waals surface area contributed by atoms with Gasteiger partial charge in [-0.05, 0) is 58.6 Å². The van der Waals surface area contributed by atoms with Gasteiger partial charge in [0.1, 0.15) is 11.4 Å². The number of halogens is 2. The molecule has 0 bridgehead atoms. The molecule has 0 unspecified atom stereocenters. The van der Waals surface area contributed by atoms with Crippen molar-refractivity contribution in [2.45, 2.75) is 25.4 Å². The molecule has 1 saturated carbocycles. The molecule has 4 rings (SSSR count). The van der Waals surface area contributed by atoms with Crippen molar-refractivity contribution in [3.63, 3.8) is 0 Å². The van der Waals surface area contributed by atoms with Gasteiger partial charge in [0.15, 0.2) is 5.76 Å². The van der Waals surface area contributed by atoms with Crippen LogP contribution < -0.4 is 0 Å². The van der Waals surface area contributed by atoms with Crippen LogP contribution in [0.5, 0.6) is 0 Å². The molecule has 0 spiro atoms. The highest BCUT2D eigenvalue weighted by Gasteiger charge is 2.34. The van der Waals surface area contributed by atoms with Gasteiger partial charge in [-0.15, -0.1) is 0 Å². The number of carbonyl (C=O) groups excluding carboxylic acids is 1. The summed E-state index contributed by atoms with van der Waals surface area (Å²) in [5, 5.41) is 0.894. The van der Waals surface area contributed by atoms with Crippen molar-refractivity contribution in [3.05, 3.63) is 70.1 Å². The number of furan rings is 1. The quantitative estimate of drug-likeness (QED) is 0.620. The maximum Gasteiger partial charge on any atom is 0.290 e. The predicted octanol–water partition coefficient (Wildman–Crippen LogP) is 5.14. The molecule has 5 heteroatoms. The topological polar surface area (TPSA) is 33.5 Å². The SMILES string of the molecule is O=C(c1cc2cccc(Br)c2o1)N(Cc1ccc(F)cc1)C1CC1. The molecule has 0 N–H and O–H groups in total. The summed E-state index contributed by atoms with van der Waals surface area (Å²) in [6, 6.07) is 14.0. The third-order valence-corrected chi connectivity index (χ3v) is 4.85. The van der Waals surface area contributed by atoms with Crippen LogP contribution in [-0.4, -0.2) is 16.8 Å². The molecule has 0 aliphatic heterocycles. The zero-order valence-corrected chi connectivity index (χ0v) is 14.4. The molecule has 1 aliphatic carbocycles. The van der Waals surface area contributed by atoms with Gasteiger partial charge < -0.3 is 9.32 Å². The van der Waals surface area contributed by atoms with E-state index in [0.717, 1.165) is 28.3 Å². The van der Waals surface area contributed by atoms with Crippen molar-refractivity contribution in [1.82, 2.24) is 4.90 Å². The number of nitrogens with zero attached hydrogens (tertiary/aromatic N) is 1. The first-order valence-electron chi connectivity index (χ1n) is 7.85. The largest absolute Gasteiger partial charge is 0.450 e. The van der Waals surface area contributed by atoms with Gasteiger partial charge in [-0.3, -0.25) is 4.79 Å². The van der Waals surface area contributed by atoms with Crippen molar-refractivity contribution in [3.8, 4) is 0 Å². The van der Waals surface area contributed by atoms with Gasteiger partial charge in [0.2, 0.25) is 0 Å². The minimum Gasteiger partial charge on any atom is -0.450 e. The summed E-state index contributed by atoms with van der Waals surface area (Å²) in [6.07, 6.45) is 1.99. The first-order chi connectivity index (χ1) is 11.6. The second kappa shape index (κ2) is 6.06. The fourth-order valence-electron chi connectivity index (χ4n) is 2.81. The van der Waals surface area contributed by atoms with Crippen LogP contribution in [-0.2, 0) is 6.54 Å². The molecule has 1 aliphatic rings. The third kappa shape index (κ3) is 2.96. The van der Waals surface area contributed by atoms with Crippen LogP contribution in [0, 0.1) is 5.82 Å². The summed E-state index contributed by atoms with van der Waals surface area (Å²) in [5.41, 5.74) is 1.59. The molecule has 0 saturated heterocycles. The average Bonchev–Trinajstić information content (AvgIpc) is 3.32. The Hall–Kier alpha value is -2.14. The standard InChI is InChI=1S/C19H15BrFNO2/c20-16-3-1-2-13-10-17(24-18(13)16)19(23)22(15-8-9-15)11-12-4-6-14(21)7-5-12/h1-7,10,15H,8-9,11H2. The van der Waals surface area contributed by atoms with Crippen LogP contribution in [0.3, 0.4) is 0 Å². The van der Waals surface area contributed by atoms with Crippen molar-refractivity contribution in [2.24, 2.45) is 0 Å². The molecule has 2 aromatic carbocycles. The van der Waals surface area contributed by atoms with E-state index in [1.807, 2.05) is 23.1 Å². The average molecular weight is 388 g/mol. The Bertz CT molecular complexity index is 899. The highest BCUT2D eigenvalue weighted by Crippen LogP contribution is 2.32. The molecule has 1 amide bonds. The fraction of sp³-hybridized carbons (Fsp3) is 0.211. The third-order valence-electron chi connectivity index (χ3n) is 4.22. The number of para-hydroxylation sites is 1. The van der Waals surface area contributed by atoms with Gasteiger partial charge in [-0.1, -0.05) is 24.3 Å². The van der Waals surface area contributed by atoms with E-state index in [-0.39, 0.29) is 17.8 Å². The van der Waals surface area contributed by atoms with Crippen molar-refractivity contribution in [2.75, 3.05) is 0 Å². The zero-order valence-electron chi connectivity index (χ0n) is 12.8. The summed E-state index contributed by atoms with van der Waals surface area (Å²) in [4.78, 5) is 14.7. The molecule has 0 atom stereocenters. The number of hydrogen-bond acceptors (Lipinski definition) is 2. The molecule has 3 nitrogen and oxygen atoms in total. The highest BCUT2D eigenvalue weighted by molar-refractivity contribution is 9.10. The van der Waals surface area contributed by atoms with E-state index in [1.54, 1.807) is 18.2 Å². The Morgan fingerprint density at radius 1 is 1.21 bits per heavy atom. The van der Waals surface area contributed by atoms with Crippen LogP contribution in [0.15, 0.2) is 57.4 Å². The second-order valence-corrected chi connectivity index (χ2v) is 6.91. The molecule has 0 radical (unpaired) electrons. The van der Waals surface area contributed by atoms with Crippen LogP contribution in [0.2, 0.25) is 0 Å². The van der Waals surface area contributed by atoms with Crippen molar-refractivity contribution in [1.29, 1.82) is 0 Å². The van der Waals surface area contributed by atoms with E-state index in [1.165, 1.54) is 12.1 Å². The number of fused-ring (bicyclic) bond motifs is 1. The Kier molecular flexibility index (Phi) is 3.88. The van der Waals surface area contributed by atoms with Gasteiger partial charge in [0.05, 0.1) is 4.47 Å². The lowest BCUT2D eigenvalue weighted by molar-refractivity contribution is 0.0700. The lowest BCUT2D eigenvalue weighted by Crippen LogP contribution is -2.32. The summed E-state index contributed by atoms with van der Waals surface area (Å²) in [7, 11) is 0. The van der Waals surface area contributed by atoms with E-state index in [9.17, 15) is 9.18 Å². The van der Waals surface area contributed by atoms with Gasteiger partial charge in [0, 0.05) is 18.0 Å². The minimum absolute atomic E-state index is 0.120. The summed E-state index contributed by atoms with van der Waals surface area (Å²) < 4.78 is 19.7. The van der Waals surface area contributed by atoms with Crippen molar-refractivity contribution < 1.29 is 13.6 Å². The second-order valence-electron chi connectivity index (χ2n) is 6.06. The lowest BCUT2D eigenvalue weighted by atomic mass is 10.2. The predicted molar refractivity (Wildman–Crippen MR) is 93.2 cm³/mol. The van der Waals surface area contributed by atoms with E-state index in [2.05, 4.69) is 15.9 Å². The van der Waals surface area contributed by atoms with E-state index in [0.29, 0.717) is 17.9 Å². The van der Waals surface area contributed by atoms with Crippen LogP contribution in [0.4, 0.5) is 4.39 Å². The molecule has 1 heterocycles. The smallest absolute Gasteiger partial charge is 0.290 e. The number of hydrogen-bond donors (Lipinski definition) is 0. The molecule has 122 valence electrons. The Morgan fingerprint density at radius 2 is 1.96 bits per heavy atom. The van der Waals surface area contributed by atoms with Crippen LogP contribution in [0.25, 0.3) is 11.0 Å².